The summed E-state index contributed by atoms with van der Waals surface area (Å²) in [6.07, 6.45) is 3.60. The van der Waals surface area contributed by atoms with Gasteiger partial charge in [0.1, 0.15) is 5.70 Å². The van der Waals surface area contributed by atoms with Crippen molar-refractivity contribution in [1.82, 2.24) is 24.9 Å². The fraction of sp³-hybridized carbons (Fsp3) is 0.200. The van der Waals surface area contributed by atoms with E-state index in [0.717, 1.165) is 28.3 Å². The van der Waals surface area contributed by atoms with Gasteiger partial charge in [0.25, 0.3) is 5.91 Å². The number of benzene rings is 1. The molecule has 8 heteroatoms. The van der Waals surface area contributed by atoms with Crippen molar-refractivity contribution in [2.24, 2.45) is 7.05 Å². The maximum atomic E-state index is 13.0. The Kier molecular flexibility index (Phi) is 4.35. The van der Waals surface area contributed by atoms with Gasteiger partial charge in [-0.2, -0.15) is 10.2 Å². The summed E-state index contributed by atoms with van der Waals surface area (Å²) in [5.74, 6) is -0.202. The van der Waals surface area contributed by atoms with Crippen molar-refractivity contribution in [3.63, 3.8) is 0 Å². The highest BCUT2D eigenvalue weighted by molar-refractivity contribution is 7.80. The summed E-state index contributed by atoms with van der Waals surface area (Å²) in [6.45, 7) is 5.77. The molecule has 142 valence electrons. The Bertz CT molecular complexity index is 1130. The number of carbonyl (C=O) groups excluding carboxylic acids is 1. The Balaban J connectivity index is 1.73. The fourth-order valence-corrected chi connectivity index (χ4v) is 3.68. The zero-order valence-electron chi connectivity index (χ0n) is 16.1. The topological polar surface area (TPSA) is 68.0 Å². The standard InChI is InChI=1S/C20H20N6OS/c1-12-16(14(3)26(23-12)15-8-6-5-7-9-15)10-17-19(27)25(20(28)21-17)18-11-24(4)22-13(18)2/h5-11H,1-4H3,(H,21,28)/b17-10+. The summed E-state index contributed by atoms with van der Waals surface area (Å²) in [7, 11) is 1.81. The molecular formula is C20H20N6OS. The number of amides is 1. The van der Waals surface area contributed by atoms with Crippen LogP contribution in [0.3, 0.4) is 0 Å². The Morgan fingerprint density at radius 1 is 1.07 bits per heavy atom. The highest BCUT2D eigenvalue weighted by atomic mass is 32.1. The predicted octanol–water partition coefficient (Wildman–Crippen LogP) is 2.79. The lowest BCUT2D eigenvalue weighted by Crippen LogP contribution is -2.30. The van der Waals surface area contributed by atoms with E-state index < -0.39 is 0 Å². The van der Waals surface area contributed by atoms with Gasteiger partial charge in [0.2, 0.25) is 0 Å². The lowest BCUT2D eigenvalue weighted by molar-refractivity contribution is -0.113. The third-order valence-corrected chi connectivity index (χ3v) is 5.03. The molecule has 0 aliphatic carbocycles. The van der Waals surface area contributed by atoms with Crippen LogP contribution >= 0.6 is 12.2 Å². The summed E-state index contributed by atoms with van der Waals surface area (Å²) >= 11 is 5.40. The Morgan fingerprint density at radius 2 is 1.79 bits per heavy atom. The summed E-state index contributed by atoms with van der Waals surface area (Å²) < 4.78 is 3.54. The van der Waals surface area contributed by atoms with E-state index in [1.165, 1.54) is 4.90 Å². The van der Waals surface area contributed by atoms with Gasteiger partial charge >= 0.3 is 0 Å². The Morgan fingerprint density at radius 3 is 2.43 bits per heavy atom. The van der Waals surface area contributed by atoms with E-state index in [2.05, 4.69) is 15.5 Å². The van der Waals surface area contributed by atoms with E-state index in [-0.39, 0.29) is 5.91 Å². The largest absolute Gasteiger partial charge is 0.327 e. The van der Waals surface area contributed by atoms with E-state index in [9.17, 15) is 4.79 Å². The van der Waals surface area contributed by atoms with Gasteiger partial charge in [-0.25, -0.2) is 9.58 Å². The third kappa shape index (κ3) is 2.91. The van der Waals surface area contributed by atoms with Crippen LogP contribution in [-0.2, 0) is 11.8 Å². The first-order valence-corrected chi connectivity index (χ1v) is 9.26. The molecule has 28 heavy (non-hydrogen) atoms. The zero-order valence-corrected chi connectivity index (χ0v) is 16.9. The number of nitrogens with one attached hydrogen (secondary N) is 1. The number of thiocarbonyl (C=S) groups is 1. The summed E-state index contributed by atoms with van der Waals surface area (Å²) in [6, 6.07) is 9.90. The van der Waals surface area contributed by atoms with Gasteiger partial charge < -0.3 is 5.32 Å². The van der Waals surface area contributed by atoms with E-state index in [4.69, 9.17) is 12.2 Å². The molecule has 1 aromatic carbocycles. The molecular weight excluding hydrogens is 372 g/mol. The van der Waals surface area contributed by atoms with Crippen LogP contribution in [0.25, 0.3) is 11.8 Å². The minimum absolute atomic E-state index is 0.202. The minimum atomic E-state index is -0.202. The Labute approximate surface area is 168 Å². The van der Waals surface area contributed by atoms with Crippen molar-refractivity contribution < 1.29 is 4.79 Å². The van der Waals surface area contributed by atoms with Crippen molar-refractivity contribution in [1.29, 1.82) is 0 Å². The van der Waals surface area contributed by atoms with E-state index >= 15 is 0 Å². The van der Waals surface area contributed by atoms with Gasteiger partial charge in [-0.1, -0.05) is 18.2 Å². The molecule has 0 spiro atoms. The van der Waals surface area contributed by atoms with Gasteiger partial charge in [0.15, 0.2) is 5.11 Å². The molecule has 0 saturated carbocycles. The highest BCUT2D eigenvalue weighted by Crippen LogP contribution is 2.26. The number of aryl methyl sites for hydroxylation is 3. The monoisotopic (exact) mass is 392 g/mol. The first kappa shape index (κ1) is 18.1. The van der Waals surface area contributed by atoms with Crippen LogP contribution < -0.4 is 10.2 Å². The van der Waals surface area contributed by atoms with Gasteiger partial charge in [-0.15, -0.1) is 0 Å². The molecule has 1 fully saturated rings. The second-order valence-corrected chi connectivity index (χ2v) is 7.12. The summed E-state index contributed by atoms with van der Waals surface area (Å²) in [5, 5.41) is 12.3. The smallest absolute Gasteiger partial charge is 0.281 e. The molecule has 2 aromatic heterocycles. The molecule has 1 aliphatic heterocycles. The van der Waals surface area contributed by atoms with Crippen LogP contribution in [0.5, 0.6) is 0 Å². The predicted molar refractivity (Wildman–Crippen MR) is 112 cm³/mol. The van der Waals surface area contributed by atoms with Crippen LogP contribution in [0, 0.1) is 20.8 Å². The second-order valence-electron chi connectivity index (χ2n) is 6.73. The first-order valence-electron chi connectivity index (χ1n) is 8.86. The normalized spacial score (nSPS) is 15.6. The van der Waals surface area contributed by atoms with Crippen LogP contribution in [0.2, 0.25) is 0 Å². The average Bonchev–Trinajstić information content (AvgIpc) is 3.24. The molecule has 1 aliphatic rings. The Hall–Kier alpha value is -3.26. The maximum absolute atomic E-state index is 13.0. The number of nitrogens with zero attached hydrogens (tertiary/aromatic N) is 5. The average molecular weight is 392 g/mol. The van der Waals surface area contributed by atoms with Crippen LogP contribution in [0.4, 0.5) is 5.69 Å². The van der Waals surface area contributed by atoms with Crippen LogP contribution in [0.15, 0.2) is 42.2 Å². The third-order valence-electron chi connectivity index (χ3n) is 4.74. The highest BCUT2D eigenvalue weighted by Gasteiger charge is 2.34. The molecule has 3 aromatic rings. The summed E-state index contributed by atoms with van der Waals surface area (Å²) in [4.78, 5) is 14.5. The minimum Gasteiger partial charge on any atom is -0.327 e. The van der Waals surface area contributed by atoms with Crippen molar-refractivity contribution >= 4 is 35.0 Å². The van der Waals surface area contributed by atoms with Gasteiger partial charge in [-0.05, 0) is 51.2 Å². The zero-order chi connectivity index (χ0) is 20.0. The van der Waals surface area contributed by atoms with Crippen molar-refractivity contribution in [2.75, 3.05) is 4.90 Å². The molecule has 3 heterocycles. The number of anilines is 1. The fourth-order valence-electron chi connectivity index (χ4n) is 3.39. The molecule has 0 unspecified atom stereocenters. The number of hydrogen-bond acceptors (Lipinski definition) is 4. The molecule has 1 N–H and O–H groups in total. The second kappa shape index (κ2) is 6.72. The van der Waals surface area contributed by atoms with Crippen molar-refractivity contribution in [3.05, 3.63) is 64.9 Å². The molecule has 0 bridgehead atoms. The van der Waals surface area contributed by atoms with Crippen LogP contribution in [-0.4, -0.2) is 30.6 Å². The maximum Gasteiger partial charge on any atom is 0.281 e. The number of para-hydroxylation sites is 1. The molecule has 0 radical (unpaired) electrons. The number of aromatic nitrogens is 4. The van der Waals surface area contributed by atoms with Crippen molar-refractivity contribution in [2.45, 2.75) is 20.8 Å². The lowest BCUT2D eigenvalue weighted by atomic mass is 10.1. The van der Waals surface area contributed by atoms with Gasteiger partial charge in [-0.3, -0.25) is 9.48 Å². The van der Waals surface area contributed by atoms with E-state index in [1.54, 1.807) is 10.9 Å². The summed E-state index contributed by atoms with van der Waals surface area (Å²) in [5.41, 5.74) is 5.51. The van der Waals surface area contributed by atoms with Crippen molar-refractivity contribution in [3.8, 4) is 5.69 Å². The van der Waals surface area contributed by atoms with Gasteiger partial charge in [0.05, 0.1) is 22.8 Å². The lowest BCUT2D eigenvalue weighted by Gasteiger charge is -2.11. The number of rotatable bonds is 3. The first-order chi connectivity index (χ1) is 13.4. The van der Waals surface area contributed by atoms with Crippen LogP contribution in [0.1, 0.15) is 22.6 Å². The molecule has 1 amide bonds. The quantitative estimate of drug-likeness (QED) is 0.548. The molecule has 4 rings (SSSR count). The van der Waals surface area contributed by atoms with E-state index in [1.807, 2.05) is 68.9 Å². The number of carbonyl (C=O) groups is 1. The molecule has 0 atom stereocenters. The molecule has 1 saturated heterocycles. The molecule has 7 nitrogen and oxygen atoms in total. The van der Waals surface area contributed by atoms with E-state index in [0.29, 0.717) is 16.5 Å². The van der Waals surface area contributed by atoms with Gasteiger partial charge in [0, 0.05) is 24.5 Å². The number of hydrogen-bond donors (Lipinski definition) is 1. The SMILES string of the molecule is Cc1nn(C)cc1N1C(=O)/C(=C\c2c(C)nn(-c3ccccc3)c2C)NC1=S.